The van der Waals surface area contributed by atoms with E-state index in [0.717, 1.165) is 18.9 Å². The summed E-state index contributed by atoms with van der Waals surface area (Å²) >= 11 is 0. The molecule has 2 saturated heterocycles. The number of carbonyl (C=O) groups is 1. The van der Waals surface area contributed by atoms with Crippen LogP contribution in [-0.4, -0.2) is 46.7 Å². The molecule has 7 nitrogen and oxygen atoms in total. The molecular formula is C17H22FN3O4. The second kappa shape index (κ2) is 6.16. The standard InChI is InChI=1S/C17H22FN3O4/c1-17(2,3)25-16(22)19-9-12-4-5-13(10-19)20(12)15-7-6-11(21(23)24)8-14(15)18/h6-8,12-13H,4-5,9-10H2,1-3H3. The zero-order chi connectivity index (χ0) is 18.4. The van der Waals surface area contributed by atoms with Crippen molar-refractivity contribution in [3.63, 3.8) is 0 Å². The van der Waals surface area contributed by atoms with Gasteiger partial charge in [0, 0.05) is 31.2 Å². The molecule has 1 amide bonds. The van der Waals surface area contributed by atoms with Gasteiger partial charge in [0.25, 0.3) is 5.69 Å². The van der Waals surface area contributed by atoms with Crippen molar-refractivity contribution < 1.29 is 18.8 Å². The summed E-state index contributed by atoms with van der Waals surface area (Å²) in [6.45, 7) is 6.38. The van der Waals surface area contributed by atoms with Crippen molar-refractivity contribution in [2.45, 2.75) is 51.3 Å². The first-order valence-electron chi connectivity index (χ1n) is 8.36. The molecule has 8 heteroatoms. The number of benzene rings is 1. The van der Waals surface area contributed by atoms with Crippen molar-refractivity contribution in [1.82, 2.24) is 4.90 Å². The monoisotopic (exact) mass is 351 g/mol. The van der Waals surface area contributed by atoms with Gasteiger partial charge >= 0.3 is 6.09 Å². The Morgan fingerprint density at radius 1 is 1.28 bits per heavy atom. The van der Waals surface area contributed by atoms with Crippen LogP contribution < -0.4 is 4.90 Å². The summed E-state index contributed by atoms with van der Waals surface area (Å²) in [5.74, 6) is -0.600. The number of likely N-dealkylation sites (tertiary alicyclic amines) is 1. The Morgan fingerprint density at radius 2 is 1.88 bits per heavy atom. The van der Waals surface area contributed by atoms with Gasteiger partial charge in [-0.15, -0.1) is 0 Å². The summed E-state index contributed by atoms with van der Waals surface area (Å²) in [4.78, 5) is 26.1. The molecule has 2 aliphatic rings. The van der Waals surface area contributed by atoms with Crippen LogP contribution in [0.1, 0.15) is 33.6 Å². The molecule has 1 aromatic carbocycles. The van der Waals surface area contributed by atoms with Crippen molar-refractivity contribution in [3.05, 3.63) is 34.1 Å². The number of halogens is 1. The smallest absolute Gasteiger partial charge is 0.410 e. The molecule has 2 bridgehead atoms. The zero-order valence-corrected chi connectivity index (χ0v) is 14.6. The molecule has 2 aliphatic heterocycles. The zero-order valence-electron chi connectivity index (χ0n) is 14.6. The highest BCUT2D eigenvalue weighted by atomic mass is 19.1. The highest BCUT2D eigenvalue weighted by molar-refractivity contribution is 5.69. The topological polar surface area (TPSA) is 75.9 Å². The summed E-state index contributed by atoms with van der Waals surface area (Å²) in [6, 6.07) is 3.71. The molecule has 136 valence electrons. The lowest BCUT2D eigenvalue weighted by atomic mass is 10.1. The van der Waals surface area contributed by atoms with E-state index in [4.69, 9.17) is 4.74 Å². The molecule has 1 aromatic rings. The molecule has 3 rings (SSSR count). The number of ether oxygens (including phenoxy) is 1. The maximum Gasteiger partial charge on any atom is 0.410 e. The van der Waals surface area contributed by atoms with Crippen molar-refractivity contribution in [2.24, 2.45) is 0 Å². The number of anilines is 1. The van der Waals surface area contributed by atoms with Gasteiger partial charge in [0.1, 0.15) is 5.60 Å². The molecule has 0 aromatic heterocycles. The Hall–Kier alpha value is -2.38. The van der Waals surface area contributed by atoms with E-state index in [1.807, 2.05) is 25.7 Å². The average molecular weight is 351 g/mol. The normalized spacial score (nSPS) is 22.9. The highest BCUT2D eigenvalue weighted by Gasteiger charge is 2.43. The minimum atomic E-state index is -0.609. The number of hydrogen-bond acceptors (Lipinski definition) is 5. The number of non-ortho nitro benzene ring substituents is 1. The predicted octanol–water partition coefficient (Wildman–Crippen LogP) is 3.32. The van der Waals surface area contributed by atoms with Crippen LogP contribution in [0.4, 0.5) is 20.6 Å². The maximum atomic E-state index is 14.4. The SMILES string of the molecule is CC(C)(C)OC(=O)N1CC2CCC(C1)N2c1ccc([N+](=O)[O-])cc1F. The van der Waals surface area contributed by atoms with Crippen molar-refractivity contribution >= 4 is 17.5 Å². The van der Waals surface area contributed by atoms with Crippen LogP contribution in [0.25, 0.3) is 0 Å². The van der Waals surface area contributed by atoms with E-state index in [9.17, 15) is 19.3 Å². The van der Waals surface area contributed by atoms with Crippen LogP contribution in [0.15, 0.2) is 18.2 Å². The molecule has 2 heterocycles. The van der Waals surface area contributed by atoms with Crippen LogP contribution in [0.3, 0.4) is 0 Å². The fraction of sp³-hybridized carbons (Fsp3) is 0.588. The molecule has 0 aliphatic carbocycles. The molecule has 0 saturated carbocycles. The van der Waals surface area contributed by atoms with E-state index < -0.39 is 16.3 Å². The number of hydrogen-bond donors (Lipinski definition) is 0. The van der Waals surface area contributed by atoms with Gasteiger partial charge in [0.2, 0.25) is 0 Å². The van der Waals surface area contributed by atoms with Crippen LogP contribution in [0.2, 0.25) is 0 Å². The lowest BCUT2D eigenvalue weighted by Gasteiger charge is -2.42. The Bertz CT molecular complexity index is 690. The summed E-state index contributed by atoms with van der Waals surface area (Å²) in [5.41, 5.74) is -0.458. The number of nitro groups is 1. The van der Waals surface area contributed by atoms with Gasteiger partial charge in [-0.1, -0.05) is 0 Å². The average Bonchev–Trinajstić information content (AvgIpc) is 2.75. The van der Waals surface area contributed by atoms with Gasteiger partial charge < -0.3 is 14.5 Å². The van der Waals surface area contributed by atoms with Crippen LogP contribution in [0, 0.1) is 15.9 Å². The van der Waals surface area contributed by atoms with Crippen molar-refractivity contribution in [1.29, 1.82) is 0 Å². The van der Waals surface area contributed by atoms with Gasteiger partial charge in [-0.25, -0.2) is 9.18 Å². The Morgan fingerprint density at radius 3 is 2.36 bits per heavy atom. The minimum absolute atomic E-state index is 0.0118. The van der Waals surface area contributed by atoms with Crippen LogP contribution in [-0.2, 0) is 4.74 Å². The van der Waals surface area contributed by atoms with Gasteiger partial charge in [-0.05, 0) is 39.7 Å². The number of fused-ring (bicyclic) bond motifs is 2. The van der Waals surface area contributed by atoms with Gasteiger partial charge in [0.05, 0.1) is 16.7 Å². The van der Waals surface area contributed by atoms with E-state index in [-0.39, 0.29) is 23.9 Å². The summed E-state index contributed by atoms with van der Waals surface area (Å²) in [6.07, 6.45) is 1.34. The number of nitrogens with zero attached hydrogens (tertiary/aromatic N) is 3. The van der Waals surface area contributed by atoms with E-state index in [1.165, 1.54) is 12.1 Å². The Labute approximate surface area is 145 Å². The molecule has 2 atom stereocenters. The number of nitro benzene ring substituents is 1. The third-order valence-electron chi connectivity index (χ3n) is 4.55. The molecule has 0 radical (unpaired) electrons. The van der Waals surface area contributed by atoms with Crippen molar-refractivity contribution in [2.75, 3.05) is 18.0 Å². The molecule has 2 fully saturated rings. The third kappa shape index (κ3) is 3.52. The van der Waals surface area contributed by atoms with E-state index >= 15 is 0 Å². The highest BCUT2D eigenvalue weighted by Crippen LogP contribution is 2.37. The lowest BCUT2D eigenvalue weighted by Crippen LogP contribution is -2.56. The predicted molar refractivity (Wildman–Crippen MR) is 90.2 cm³/mol. The van der Waals surface area contributed by atoms with Crippen LogP contribution >= 0.6 is 0 Å². The van der Waals surface area contributed by atoms with Gasteiger partial charge in [0.15, 0.2) is 5.82 Å². The van der Waals surface area contributed by atoms with E-state index in [1.54, 1.807) is 4.90 Å². The van der Waals surface area contributed by atoms with E-state index in [2.05, 4.69) is 0 Å². The van der Waals surface area contributed by atoms with Crippen molar-refractivity contribution in [3.8, 4) is 0 Å². The van der Waals surface area contributed by atoms with Gasteiger partial charge in [-0.3, -0.25) is 10.1 Å². The number of piperazine rings is 1. The number of carbonyl (C=O) groups excluding carboxylic acids is 1. The number of rotatable bonds is 2. The molecule has 0 N–H and O–H groups in total. The minimum Gasteiger partial charge on any atom is -0.444 e. The summed E-state index contributed by atoms with van der Waals surface area (Å²) < 4.78 is 19.8. The molecular weight excluding hydrogens is 329 g/mol. The molecule has 0 spiro atoms. The lowest BCUT2D eigenvalue weighted by molar-refractivity contribution is -0.385. The second-order valence-electron chi connectivity index (χ2n) is 7.57. The third-order valence-corrected chi connectivity index (χ3v) is 4.55. The largest absolute Gasteiger partial charge is 0.444 e. The van der Waals surface area contributed by atoms with Crippen LogP contribution in [0.5, 0.6) is 0 Å². The fourth-order valence-corrected chi connectivity index (χ4v) is 3.59. The van der Waals surface area contributed by atoms with E-state index in [0.29, 0.717) is 18.8 Å². The molecule has 2 unspecified atom stereocenters. The number of amides is 1. The first-order chi connectivity index (χ1) is 11.7. The maximum absolute atomic E-state index is 14.4. The summed E-state index contributed by atoms with van der Waals surface area (Å²) in [7, 11) is 0. The first-order valence-corrected chi connectivity index (χ1v) is 8.36. The summed E-state index contributed by atoms with van der Waals surface area (Å²) in [5, 5.41) is 10.8. The Balaban J connectivity index is 1.77. The quantitative estimate of drug-likeness (QED) is 0.603. The fourth-order valence-electron chi connectivity index (χ4n) is 3.59. The molecule has 25 heavy (non-hydrogen) atoms. The Kier molecular flexibility index (Phi) is 4.30. The first kappa shape index (κ1) is 17.4. The second-order valence-corrected chi connectivity index (χ2v) is 7.57. The van der Waals surface area contributed by atoms with Gasteiger partial charge in [-0.2, -0.15) is 0 Å².